The fraction of sp³-hybridized carbons (Fsp3) is 0.318. The Morgan fingerprint density at radius 2 is 1.65 bits per heavy atom. The molecule has 2 N–H and O–H groups in total. The Balaban J connectivity index is 2.04. The Kier molecular flexibility index (Phi) is 7.79. The maximum absolute atomic E-state index is 13.1. The zero-order chi connectivity index (χ0) is 23.2. The van der Waals surface area contributed by atoms with Crippen LogP contribution < -0.4 is 10.6 Å². The highest BCUT2D eigenvalue weighted by Crippen LogP contribution is 2.34. The number of carbonyl (C=O) groups is 3. The van der Waals surface area contributed by atoms with Gasteiger partial charge in [0.05, 0.1) is 23.7 Å². The van der Waals surface area contributed by atoms with Gasteiger partial charge in [-0.15, -0.1) is 0 Å². The van der Waals surface area contributed by atoms with Gasteiger partial charge in [0, 0.05) is 6.92 Å². The lowest BCUT2D eigenvalue weighted by Gasteiger charge is -2.20. The average molecular weight is 436 g/mol. The molecule has 0 spiro atoms. The largest absolute Gasteiger partial charge is 0.452 e. The Hall–Kier alpha value is -3.36. The van der Waals surface area contributed by atoms with E-state index in [1.807, 2.05) is 19.1 Å². The highest BCUT2D eigenvalue weighted by atomic mass is 19.4. The number of para-hydroxylation sites is 1. The van der Waals surface area contributed by atoms with E-state index >= 15 is 0 Å². The summed E-state index contributed by atoms with van der Waals surface area (Å²) < 4.78 is 44.3. The monoisotopic (exact) mass is 436 g/mol. The molecule has 2 unspecified atom stereocenters. The van der Waals surface area contributed by atoms with Crippen LogP contribution in [0.1, 0.15) is 43.0 Å². The first-order valence-corrected chi connectivity index (χ1v) is 9.47. The molecule has 0 radical (unpaired) electrons. The number of benzene rings is 2. The molecule has 166 valence electrons. The van der Waals surface area contributed by atoms with Gasteiger partial charge < -0.3 is 15.4 Å². The quantitative estimate of drug-likeness (QED) is 0.639. The van der Waals surface area contributed by atoms with Gasteiger partial charge in [-0.2, -0.15) is 13.2 Å². The molecule has 0 fully saturated rings. The van der Waals surface area contributed by atoms with Gasteiger partial charge in [-0.05, 0) is 31.5 Å². The smallest absolute Gasteiger partial charge is 0.418 e. The highest BCUT2D eigenvalue weighted by Gasteiger charge is 2.34. The van der Waals surface area contributed by atoms with E-state index in [4.69, 9.17) is 4.74 Å². The fourth-order valence-corrected chi connectivity index (χ4v) is 2.84. The number of carbonyl (C=O) groups excluding carboxylic acids is 3. The van der Waals surface area contributed by atoms with Crippen molar-refractivity contribution < 1.29 is 32.3 Å². The van der Waals surface area contributed by atoms with Crippen molar-refractivity contribution in [2.45, 2.75) is 45.5 Å². The number of nitrogens with one attached hydrogen (secondary N) is 2. The van der Waals surface area contributed by atoms with E-state index in [1.165, 1.54) is 26.0 Å². The first kappa shape index (κ1) is 23.9. The van der Waals surface area contributed by atoms with Crippen molar-refractivity contribution in [1.82, 2.24) is 5.32 Å². The van der Waals surface area contributed by atoms with E-state index in [1.54, 1.807) is 12.1 Å². The standard InChI is InChI=1S/C22H23F3N2O4/c1-13-8-10-16(11-9-13)19(26-15(3)28)12-20(29)31-14(2)21(30)27-18-7-5-4-6-17(18)22(23,24)25/h4-11,14,19H,12H2,1-3H3,(H,26,28)(H,27,30). The molecule has 2 aromatic rings. The Labute approximate surface area is 177 Å². The van der Waals surface area contributed by atoms with Gasteiger partial charge in [-0.1, -0.05) is 42.0 Å². The number of halogens is 3. The zero-order valence-corrected chi connectivity index (χ0v) is 17.2. The van der Waals surface area contributed by atoms with Crippen LogP contribution in [0.3, 0.4) is 0 Å². The fourth-order valence-electron chi connectivity index (χ4n) is 2.84. The molecule has 0 saturated heterocycles. The molecule has 0 aliphatic heterocycles. The molecule has 0 saturated carbocycles. The van der Waals surface area contributed by atoms with E-state index in [-0.39, 0.29) is 12.3 Å². The van der Waals surface area contributed by atoms with Crippen LogP contribution in [0.2, 0.25) is 0 Å². The molecule has 2 rings (SSSR count). The SMILES string of the molecule is CC(=O)NC(CC(=O)OC(C)C(=O)Nc1ccccc1C(F)(F)F)c1ccc(C)cc1. The van der Waals surface area contributed by atoms with Crippen LogP contribution in [-0.2, 0) is 25.3 Å². The van der Waals surface area contributed by atoms with Crippen LogP contribution in [0.4, 0.5) is 18.9 Å². The minimum absolute atomic E-state index is 0.251. The second-order valence-electron chi connectivity index (χ2n) is 7.03. The van der Waals surface area contributed by atoms with Crippen LogP contribution in [0.15, 0.2) is 48.5 Å². The molecule has 6 nitrogen and oxygen atoms in total. The number of rotatable bonds is 7. The lowest BCUT2D eigenvalue weighted by Crippen LogP contribution is -2.33. The summed E-state index contributed by atoms with van der Waals surface area (Å²) in [6.07, 6.45) is -6.24. The summed E-state index contributed by atoms with van der Waals surface area (Å²) in [6, 6.07) is 11.0. The van der Waals surface area contributed by atoms with E-state index in [9.17, 15) is 27.6 Å². The van der Waals surface area contributed by atoms with Crippen LogP contribution in [0.25, 0.3) is 0 Å². The van der Waals surface area contributed by atoms with Gasteiger partial charge in [-0.3, -0.25) is 14.4 Å². The summed E-state index contributed by atoms with van der Waals surface area (Å²) in [5, 5.41) is 4.79. The topological polar surface area (TPSA) is 84.5 Å². The van der Waals surface area contributed by atoms with Gasteiger partial charge in [0.25, 0.3) is 5.91 Å². The lowest BCUT2D eigenvalue weighted by molar-refractivity contribution is -0.153. The third-order valence-corrected chi connectivity index (χ3v) is 4.40. The van der Waals surface area contributed by atoms with Crippen molar-refractivity contribution in [2.24, 2.45) is 0 Å². The van der Waals surface area contributed by atoms with Gasteiger partial charge in [-0.25, -0.2) is 0 Å². The number of esters is 1. The molecule has 2 atom stereocenters. The molecule has 9 heteroatoms. The molecule has 0 aromatic heterocycles. The number of alkyl halides is 3. The molecule has 0 aliphatic rings. The summed E-state index contributed by atoms with van der Waals surface area (Å²) in [6.45, 7) is 4.45. The molecule has 0 heterocycles. The van der Waals surface area contributed by atoms with E-state index in [2.05, 4.69) is 10.6 Å². The minimum Gasteiger partial charge on any atom is -0.452 e. The first-order chi connectivity index (χ1) is 14.5. The third kappa shape index (κ3) is 7.13. The van der Waals surface area contributed by atoms with Gasteiger partial charge >= 0.3 is 12.1 Å². The molecule has 0 aliphatic carbocycles. The van der Waals surface area contributed by atoms with Crippen LogP contribution >= 0.6 is 0 Å². The Morgan fingerprint density at radius 1 is 1.03 bits per heavy atom. The van der Waals surface area contributed by atoms with Crippen LogP contribution in [-0.4, -0.2) is 23.9 Å². The highest BCUT2D eigenvalue weighted by molar-refractivity contribution is 5.95. The van der Waals surface area contributed by atoms with Crippen molar-refractivity contribution >= 4 is 23.5 Å². The predicted molar refractivity (Wildman–Crippen MR) is 108 cm³/mol. The van der Waals surface area contributed by atoms with Crippen molar-refractivity contribution in [3.63, 3.8) is 0 Å². The van der Waals surface area contributed by atoms with Crippen LogP contribution in [0, 0.1) is 6.92 Å². The third-order valence-electron chi connectivity index (χ3n) is 4.40. The average Bonchev–Trinajstić information content (AvgIpc) is 2.67. The number of hydrogen-bond donors (Lipinski definition) is 2. The second kappa shape index (κ2) is 10.1. The summed E-state index contributed by atoms with van der Waals surface area (Å²) in [5.74, 6) is -2.05. The number of hydrogen-bond acceptors (Lipinski definition) is 4. The maximum Gasteiger partial charge on any atom is 0.418 e. The Morgan fingerprint density at radius 3 is 2.23 bits per heavy atom. The van der Waals surface area contributed by atoms with Crippen LogP contribution in [0.5, 0.6) is 0 Å². The van der Waals surface area contributed by atoms with E-state index < -0.39 is 41.4 Å². The number of anilines is 1. The van der Waals surface area contributed by atoms with Gasteiger partial charge in [0.15, 0.2) is 6.10 Å². The maximum atomic E-state index is 13.1. The van der Waals surface area contributed by atoms with Gasteiger partial charge in [0.1, 0.15) is 0 Å². The summed E-state index contributed by atoms with van der Waals surface area (Å²) in [5.41, 5.74) is 0.233. The summed E-state index contributed by atoms with van der Waals surface area (Å²) >= 11 is 0. The molecular weight excluding hydrogens is 413 g/mol. The van der Waals surface area contributed by atoms with Crippen molar-refractivity contribution in [2.75, 3.05) is 5.32 Å². The number of amides is 2. The first-order valence-electron chi connectivity index (χ1n) is 9.47. The van der Waals surface area contributed by atoms with Crippen molar-refractivity contribution in [1.29, 1.82) is 0 Å². The summed E-state index contributed by atoms with van der Waals surface area (Å²) in [4.78, 5) is 36.1. The van der Waals surface area contributed by atoms with Gasteiger partial charge in [0.2, 0.25) is 5.91 Å². The number of aryl methyl sites for hydroxylation is 1. The molecular formula is C22H23F3N2O4. The molecule has 2 amide bonds. The Bertz CT molecular complexity index is 943. The normalized spacial score (nSPS) is 13.1. The van der Waals surface area contributed by atoms with E-state index in [0.717, 1.165) is 17.7 Å². The lowest BCUT2D eigenvalue weighted by atomic mass is 10.0. The predicted octanol–water partition coefficient (Wildman–Crippen LogP) is 4.15. The molecule has 0 bridgehead atoms. The molecule has 2 aromatic carbocycles. The number of ether oxygens (including phenoxy) is 1. The van der Waals surface area contributed by atoms with Crippen molar-refractivity contribution in [3.8, 4) is 0 Å². The minimum atomic E-state index is -4.65. The van der Waals surface area contributed by atoms with E-state index in [0.29, 0.717) is 5.56 Å². The zero-order valence-electron chi connectivity index (χ0n) is 17.2. The second-order valence-corrected chi connectivity index (χ2v) is 7.03. The summed E-state index contributed by atoms with van der Waals surface area (Å²) in [7, 11) is 0. The molecule has 31 heavy (non-hydrogen) atoms. The van der Waals surface area contributed by atoms with Crippen molar-refractivity contribution in [3.05, 3.63) is 65.2 Å².